The quantitative estimate of drug-likeness (QED) is 0.897. The average molecular weight is 328 g/mol. The zero-order valence-electron chi connectivity index (χ0n) is 13.6. The Balaban J connectivity index is 2.15. The van der Waals surface area contributed by atoms with Crippen LogP contribution in [0.3, 0.4) is 0 Å². The summed E-state index contributed by atoms with van der Waals surface area (Å²) >= 11 is 1.64. The van der Waals surface area contributed by atoms with Crippen LogP contribution in [0.4, 0.5) is 0 Å². The third kappa shape index (κ3) is 2.68. The van der Waals surface area contributed by atoms with Crippen LogP contribution in [-0.2, 0) is 16.0 Å². The molecule has 2 heterocycles. The zero-order valence-corrected chi connectivity index (χ0v) is 14.4. The Kier molecular flexibility index (Phi) is 3.81. The summed E-state index contributed by atoms with van der Waals surface area (Å²) in [4.78, 5) is 15.0. The minimum atomic E-state index is -0.377. The van der Waals surface area contributed by atoms with Crippen molar-refractivity contribution < 1.29 is 9.53 Å². The van der Waals surface area contributed by atoms with Crippen molar-refractivity contribution in [2.75, 3.05) is 0 Å². The summed E-state index contributed by atoms with van der Waals surface area (Å²) in [7, 11) is 0. The van der Waals surface area contributed by atoms with Crippen molar-refractivity contribution in [2.24, 2.45) is 11.1 Å². The molecule has 2 aliphatic rings. The fourth-order valence-corrected chi connectivity index (χ4v) is 4.38. The van der Waals surface area contributed by atoms with E-state index in [4.69, 9.17) is 10.5 Å². The molecule has 1 aromatic heterocycles. The standard InChI is InChI=1S/C18H20N2O2S/c1-4-10-5-6-14(23-10)15-11(9-19)17(20)22-13-8-18(2,3)7-12(21)16(13)15/h5-6,15H,4,7-8,20H2,1-3H3/t15-/m0/s1. The number of hydrogen-bond acceptors (Lipinski definition) is 5. The van der Waals surface area contributed by atoms with Gasteiger partial charge in [0, 0.05) is 28.2 Å². The lowest BCUT2D eigenvalue weighted by Crippen LogP contribution is -2.33. The monoisotopic (exact) mass is 328 g/mol. The highest BCUT2D eigenvalue weighted by Gasteiger charge is 2.43. The van der Waals surface area contributed by atoms with Gasteiger partial charge in [-0.1, -0.05) is 20.8 Å². The van der Waals surface area contributed by atoms with Crippen LogP contribution in [0.2, 0.25) is 0 Å². The number of carbonyl (C=O) groups excluding carboxylic acids is 1. The SMILES string of the molecule is CCc1ccc([C@@H]2C(C#N)=C(N)OC3=C2C(=O)CC(C)(C)C3)s1. The van der Waals surface area contributed by atoms with Gasteiger partial charge in [0.25, 0.3) is 0 Å². The second-order valence-corrected chi connectivity index (χ2v) is 8.06. The summed E-state index contributed by atoms with van der Waals surface area (Å²) in [5.74, 6) is 0.456. The minimum absolute atomic E-state index is 0.0629. The molecule has 0 saturated carbocycles. The van der Waals surface area contributed by atoms with Crippen molar-refractivity contribution >= 4 is 17.1 Å². The first-order valence-corrected chi connectivity index (χ1v) is 8.60. The predicted molar refractivity (Wildman–Crippen MR) is 89.4 cm³/mol. The van der Waals surface area contributed by atoms with Crippen molar-refractivity contribution in [2.45, 2.75) is 46.0 Å². The fourth-order valence-electron chi connectivity index (χ4n) is 3.31. The second kappa shape index (κ2) is 5.54. The Labute approximate surface area is 140 Å². The van der Waals surface area contributed by atoms with Gasteiger partial charge in [0.05, 0.1) is 5.92 Å². The molecule has 0 unspecified atom stereocenters. The van der Waals surface area contributed by atoms with Crippen LogP contribution in [0.15, 0.2) is 34.9 Å². The molecule has 1 aliphatic heterocycles. The first kappa shape index (κ1) is 15.8. The lowest BCUT2D eigenvalue weighted by Gasteiger charge is -2.36. The highest BCUT2D eigenvalue weighted by molar-refractivity contribution is 7.12. The van der Waals surface area contributed by atoms with E-state index in [1.807, 2.05) is 19.9 Å². The van der Waals surface area contributed by atoms with Gasteiger partial charge < -0.3 is 10.5 Å². The molecule has 2 N–H and O–H groups in total. The van der Waals surface area contributed by atoms with Crippen LogP contribution in [-0.4, -0.2) is 5.78 Å². The first-order chi connectivity index (χ1) is 10.9. The van der Waals surface area contributed by atoms with Gasteiger partial charge in [-0.25, -0.2) is 0 Å². The maximum atomic E-state index is 12.8. The topological polar surface area (TPSA) is 76.1 Å². The highest BCUT2D eigenvalue weighted by atomic mass is 32.1. The summed E-state index contributed by atoms with van der Waals surface area (Å²) in [6, 6.07) is 6.21. The molecule has 0 saturated heterocycles. The number of hydrogen-bond donors (Lipinski definition) is 1. The molecule has 4 nitrogen and oxygen atoms in total. The number of nitrogens with zero attached hydrogens (tertiary/aromatic N) is 1. The summed E-state index contributed by atoms with van der Waals surface area (Å²) in [6.07, 6.45) is 2.06. The Morgan fingerprint density at radius 2 is 2.17 bits per heavy atom. The summed E-state index contributed by atoms with van der Waals surface area (Å²) in [5.41, 5.74) is 6.82. The maximum absolute atomic E-state index is 12.8. The largest absolute Gasteiger partial charge is 0.444 e. The van der Waals surface area contributed by atoms with E-state index in [0.29, 0.717) is 29.7 Å². The van der Waals surface area contributed by atoms with Gasteiger partial charge in [-0.05, 0) is 24.0 Å². The van der Waals surface area contributed by atoms with Crippen molar-refractivity contribution in [3.8, 4) is 6.07 Å². The molecule has 5 heteroatoms. The fraction of sp³-hybridized carbons (Fsp3) is 0.444. The molecule has 0 amide bonds. The maximum Gasteiger partial charge on any atom is 0.205 e. The summed E-state index contributed by atoms with van der Waals surface area (Å²) < 4.78 is 5.68. The number of rotatable bonds is 2. The number of thiophene rings is 1. The molecule has 23 heavy (non-hydrogen) atoms. The van der Waals surface area contributed by atoms with Gasteiger partial charge in [-0.2, -0.15) is 5.26 Å². The van der Waals surface area contributed by atoms with E-state index in [1.165, 1.54) is 4.88 Å². The summed E-state index contributed by atoms with van der Waals surface area (Å²) in [5, 5.41) is 9.54. The number of aryl methyl sites for hydroxylation is 1. The van der Waals surface area contributed by atoms with E-state index in [0.717, 1.165) is 11.3 Å². The molecular formula is C18H20N2O2S. The van der Waals surface area contributed by atoms with Gasteiger partial charge >= 0.3 is 0 Å². The Morgan fingerprint density at radius 1 is 1.43 bits per heavy atom. The normalized spacial score (nSPS) is 23.4. The van der Waals surface area contributed by atoms with Crippen LogP contribution < -0.4 is 5.73 Å². The Bertz CT molecular complexity index is 777. The van der Waals surface area contributed by atoms with Gasteiger partial charge in [0.1, 0.15) is 17.4 Å². The van der Waals surface area contributed by atoms with E-state index in [9.17, 15) is 10.1 Å². The number of Topliss-reactive ketones (excluding diaryl/α,β-unsaturated/α-hetero) is 1. The third-order valence-corrected chi connectivity index (χ3v) is 5.69. The second-order valence-electron chi connectivity index (χ2n) is 6.86. The molecule has 1 aliphatic carbocycles. The number of allylic oxidation sites excluding steroid dienone is 3. The molecule has 1 atom stereocenters. The molecule has 0 radical (unpaired) electrons. The van der Waals surface area contributed by atoms with Crippen LogP contribution >= 0.6 is 11.3 Å². The Hall–Kier alpha value is -2.06. The smallest absolute Gasteiger partial charge is 0.205 e. The van der Waals surface area contributed by atoms with Gasteiger partial charge in [-0.15, -0.1) is 11.3 Å². The van der Waals surface area contributed by atoms with Crippen molar-refractivity contribution in [3.05, 3.63) is 44.7 Å². The van der Waals surface area contributed by atoms with Crippen molar-refractivity contribution in [3.63, 3.8) is 0 Å². The third-order valence-electron chi connectivity index (χ3n) is 4.39. The molecule has 0 spiro atoms. The zero-order chi connectivity index (χ0) is 16.8. The molecule has 0 fully saturated rings. The van der Waals surface area contributed by atoms with E-state index < -0.39 is 0 Å². The van der Waals surface area contributed by atoms with E-state index in [1.54, 1.807) is 11.3 Å². The van der Waals surface area contributed by atoms with E-state index in [2.05, 4.69) is 19.1 Å². The van der Waals surface area contributed by atoms with Gasteiger partial charge in [0.15, 0.2) is 5.78 Å². The predicted octanol–water partition coefficient (Wildman–Crippen LogP) is 3.76. The number of ether oxygens (including phenoxy) is 1. The number of nitrogens with two attached hydrogens (primary N) is 1. The highest BCUT2D eigenvalue weighted by Crippen LogP contribution is 2.48. The molecule has 0 aromatic carbocycles. The van der Waals surface area contributed by atoms with Crippen molar-refractivity contribution in [1.82, 2.24) is 0 Å². The number of ketones is 1. The summed E-state index contributed by atoms with van der Waals surface area (Å²) in [6.45, 7) is 6.19. The van der Waals surface area contributed by atoms with E-state index >= 15 is 0 Å². The first-order valence-electron chi connectivity index (χ1n) is 7.78. The molecule has 1 aromatic rings. The molecular weight excluding hydrogens is 308 g/mol. The average Bonchev–Trinajstić information content (AvgIpc) is 2.93. The Morgan fingerprint density at radius 3 is 2.78 bits per heavy atom. The molecule has 3 rings (SSSR count). The van der Waals surface area contributed by atoms with Crippen LogP contribution in [0, 0.1) is 16.7 Å². The van der Waals surface area contributed by atoms with E-state index in [-0.39, 0.29) is 23.0 Å². The lowest BCUT2D eigenvalue weighted by molar-refractivity contribution is -0.119. The minimum Gasteiger partial charge on any atom is -0.444 e. The molecule has 0 bridgehead atoms. The van der Waals surface area contributed by atoms with Crippen molar-refractivity contribution in [1.29, 1.82) is 5.26 Å². The van der Waals surface area contributed by atoms with Crippen LogP contribution in [0.25, 0.3) is 0 Å². The lowest BCUT2D eigenvalue weighted by atomic mass is 9.71. The van der Waals surface area contributed by atoms with Crippen LogP contribution in [0.5, 0.6) is 0 Å². The molecule has 120 valence electrons. The van der Waals surface area contributed by atoms with Crippen LogP contribution in [0.1, 0.15) is 49.3 Å². The number of carbonyl (C=O) groups is 1. The van der Waals surface area contributed by atoms with Gasteiger partial charge in [-0.3, -0.25) is 4.79 Å². The number of nitriles is 1. The van der Waals surface area contributed by atoms with Gasteiger partial charge in [0.2, 0.25) is 5.88 Å².